The summed E-state index contributed by atoms with van der Waals surface area (Å²) < 4.78 is 0. The van der Waals surface area contributed by atoms with Gasteiger partial charge in [-0.3, -0.25) is 4.79 Å². The largest absolute Gasteiger partial charge is 0.369 e. The number of hydrogen-bond donors (Lipinski definition) is 1. The monoisotopic (exact) mass is 167 g/mol. The first-order chi connectivity index (χ1) is 5.72. The fraction of sp³-hybridized carbons (Fsp3) is 0.500. The van der Waals surface area contributed by atoms with Gasteiger partial charge in [0.05, 0.1) is 5.92 Å². The highest BCUT2D eigenvalue weighted by Gasteiger charge is 2.07. The quantitative estimate of drug-likeness (QED) is 0.604. The molecule has 12 heavy (non-hydrogen) atoms. The fourth-order valence-corrected chi connectivity index (χ4v) is 0.896. The Kier molecular flexibility index (Phi) is 6.07. The Morgan fingerprint density at radius 2 is 2.33 bits per heavy atom. The summed E-state index contributed by atoms with van der Waals surface area (Å²) in [6.45, 7) is 5.66. The zero-order chi connectivity index (χ0) is 9.40. The number of unbranched alkanes of at least 4 members (excludes halogenated alkanes) is 1. The number of hydrogen-bond acceptors (Lipinski definition) is 1. The van der Waals surface area contributed by atoms with Crippen LogP contribution in [0.4, 0.5) is 0 Å². The summed E-state index contributed by atoms with van der Waals surface area (Å²) in [6, 6.07) is 0. The van der Waals surface area contributed by atoms with E-state index in [9.17, 15) is 4.79 Å². The van der Waals surface area contributed by atoms with E-state index in [0.717, 1.165) is 12.8 Å². The molecule has 0 radical (unpaired) electrons. The zero-order valence-electron chi connectivity index (χ0n) is 7.62. The Bertz CT molecular complexity index is 173. The van der Waals surface area contributed by atoms with Gasteiger partial charge in [-0.2, -0.15) is 0 Å². The molecule has 0 aromatic rings. The molecule has 0 aromatic carbocycles. The van der Waals surface area contributed by atoms with Crippen molar-refractivity contribution in [1.82, 2.24) is 0 Å². The Balaban J connectivity index is 3.93. The molecule has 0 heterocycles. The number of rotatable bonds is 6. The predicted molar refractivity (Wildman–Crippen MR) is 51.5 cm³/mol. The summed E-state index contributed by atoms with van der Waals surface area (Å²) in [5.74, 6) is -0.448. The first-order valence-corrected chi connectivity index (χ1v) is 4.29. The second-order valence-electron chi connectivity index (χ2n) is 2.75. The Hall–Kier alpha value is -1.05. The molecule has 0 saturated carbocycles. The Morgan fingerprint density at radius 3 is 2.75 bits per heavy atom. The van der Waals surface area contributed by atoms with E-state index in [-0.39, 0.29) is 11.8 Å². The van der Waals surface area contributed by atoms with Crippen molar-refractivity contribution in [3.05, 3.63) is 24.8 Å². The SMILES string of the molecule is C=CCC(/C=C\CCC)C(N)=O. The molecular formula is C10H17NO. The van der Waals surface area contributed by atoms with Crippen molar-refractivity contribution in [3.8, 4) is 0 Å². The highest BCUT2D eigenvalue weighted by atomic mass is 16.1. The maximum absolute atomic E-state index is 10.8. The number of nitrogens with two attached hydrogens (primary N) is 1. The van der Waals surface area contributed by atoms with Crippen molar-refractivity contribution < 1.29 is 4.79 Å². The van der Waals surface area contributed by atoms with E-state index >= 15 is 0 Å². The number of amides is 1. The van der Waals surface area contributed by atoms with Crippen molar-refractivity contribution in [2.24, 2.45) is 11.7 Å². The molecule has 2 nitrogen and oxygen atoms in total. The predicted octanol–water partition coefficient (Wildman–Crippen LogP) is 2.02. The molecule has 0 aliphatic carbocycles. The van der Waals surface area contributed by atoms with Crippen LogP contribution < -0.4 is 5.73 Å². The van der Waals surface area contributed by atoms with E-state index in [1.165, 1.54) is 0 Å². The molecule has 1 unspecified atom stereocenters. The summed E-state index contributed by atoms with van der Waals surface area (Å²) in [5, 5.41) is 0. The van der Waals surface area contributed by atoms with Crippen LogP contribution in [0.2, 0.25) is 0 Å². The van der Waals surface area contributed by atoms with Gasteiger partial charge in [0.15, 0.2) is 0 Å². The van der Waals surface area contributed by atoms with Crippen LogP contribution in [0.3, 0.4) is 0 Å². The van der Waals surface area contributed by atoms with Gasteiger partial charge in [0.25, 0.3) is 0 Å². The third kappa shape index (κ3) is 4.72. The molecule has 0 aromatic heterocycles. The van der Waals surface area contributed by atoms with Crippen LogP contribution >= 0.6 is 0 Å². The van der Waals surface area contributed by atoms with Crippen LogP contribution in [0.5, 0.6) is 0 Å². The highest BCUT2D eigenvalue weighted by molar-refractivity contribution is 5.78. The van der Waals surface area contributed by atoms with Gasteiger partial charge in [-0.25, -0.2) is 0 Å². The van der Waals surface area contributed by atoms with Gasteiger partial charge in [0.1, 0.15) is 0 Å². The summed E-state index contributed by atoms with van der Waals surface area (Å²) in [4.78, 5) is 10.8. The van der Waals surface area contributed by atoms with Gasteiger partial charge < -0.3 is 5.73 Å². The molecule has 68 valence electrons. The van der Waals surface area contributed by atoms with Gasteiger partial charge in [-0.1, -0.05) is 31.6 Å². The molecular weight excluding hydrogens is 150 g/mol. The third-order valence-corrected chi connectivity index (χ3v) is 1.61. The summed E-state index contributed by atoms with van der Waals surface area (Å²) in [5.41, 5.74) is 5.17. The van der Waals surface area contributed by atoms with Crippen LogP contribution in [-0.4, -0.2) is 5.91 Å². The van der Waals surface area contributed by atoms with E-state index in [0.29, 0.717) is 6.42 Å². The second kappa shape index (κ2) is 6.65. The summed E-state index contributed by atoms with van der Waals surface area (Å²) in [6.07, 6.45) is 8.31. The Morgan fingerprint density at radius 1 is 1.67 bits per heavy atom. The summed E-state index contributed by atoms with van der Waals surface area (Å²) in [7, 11) is 0. The van der Waals surface area contributed by atoms with E-state index in [2.05, 4.69) is 13.5 Å². The molecule has 1 amide bonds. The topological polar surface area (TPSA) is 43.1 Å². The van der Waals surface area contributed by atoms with Crippen molar-refractivity contribution >= 4 is 5.91 Å². The maximum Gasteiger partial charge on any atom is 0.224 e. The lowest BCUT2D eigenvalue weighted by molar-refractivity contribution is -0.120. The number of primary amides is 1. The van der Waals surface area contributed by atoms with E-state index in [1.807, 2.05) is 12.2 Å². The molecule has 0 saturated heterocycles. The zero-order valence-corrected chi connectivity index (χ0v) is 7.62. The first kappa shape index (κ1) is 11.0. The van der Waals surface area contributed by atoms with Gasteiger partial charge >= 0.3 is 0 Å². The third-order valence-electron chi connectivity index (χ3n) is 1.61. The summed E-state index contributed by atoms with van der Waals surface area (Å²) >= 11 is 0. The van der Waals surface area contributed by atoms with Gasteiger partial charge in [-0.15, -0.1) is 6.58 Å². The van der Waals surface area contributed by atoms with Crippen molar-refractivity contribution in [2.75, 3.05) is 0 Å². The average molecular weight is 167 g/mol. The van der Waals surface area contributed by atoms with Crippen molar-refractivity contribution in [2.45, 2.75) is 26.2 Å². The first-order valence-electron chi connectivity index (χ1n) is 4.29. The lowest BCUT2D eigenvalue weighted by atomic mass is 10.0. The van der Waals surface area contributed by atoms with Crippen molar-refractivity contribution in [3.63, 3.8) is 0 Å². The minimum atomic E-state index is -0.276. The van der Waals surface area contributed by atoms with Crippen LogP contribution in [0.15, 0.2) is 24.8 Å². The number of carbonyl (C=O) groups is 1. The highest BCUT2D eigenvalue weighted by Crippen LogP contribution is 2.05. The molecule has 2 heteroatoms. The minimum Gasteiger partial charge on any atom is -0.369 e. The van der Waals surface area contributed by atoms with Gasteiger partial charge in [-0.05, 0) is 12.8 Å². The standard InChI is InChI=1S/C10H17NO/c1-3-5-6-8-9(7-4-2)10(11)12/h4,6,8-9H,2-3,5,7H2,1H3,(H2,11,12)/b8-6-. The van der Waals surface area contributed by atoms with Gasteiger partial charge in [0, 0.05) is 0 Å². The molecule has 0 aliphatic rings. The van der Waals surface area contributed by atoms with Crippen LogP contribution in [-0.2, 0) is 4.79 Å². The maximum atomic E-state index is 10.8. The van der Waals surface area contributed by atoms with E-state index in [1.54, 1.807) is 6.08 Å². The molecule has 0 rings (SSSR count). The van der Waals surface area contributed by atoms with Crippen molar-refractivity contribution in [1.29, 1.82) is 0 Å². The van der Waals surface area contributed by atoms with Crippen LogP contribution in [0.25, 0.3) is 0 Å². The minimum absolute atomic E-state index is 0.172. The smallest absolute Gasteiger partial charge is 0.224 e. The fourth-order valence-electron chi connectivity index (χ4n) is 0.896. The molecule has 0 aliphatic heterocycles. The van der Waals surface area contributed by atoms with Crippen LogP contribution in [0, 0.1) is 5.92 Å². The van der Waals surface area contributed by atoms with E-state index in [4.69, 9.17) is 5.73 Å². The molecule has 2 N–H and O–H groups in total. The number of allylic oxidation sites excluding steroid dienone is 2. The lowest BCUT2D eigenvalue weighted by Gasteiger charge is -2.03. The van der Waals surface area contributed by atoms with E-state index < -0.39 is 0 Å². The normalized spacial score (nSPS) is 13.1. The van der Waals surface area contributed by atoms with Gasteiger partial charge in [0.2, 0.25) is 5.91 Å². The number of carbonyl (C=O) groups excluding carboxylic acids is 1. The molecule has 0 bridgehead atoms. The average Bonchev–Trinajstić information content (AvgIpc) is 2.03. The molecule has 0 fully saturated rings. The Labute approximate surface area is 74.1 Å². The molecule has 1 atom stereocenters. The molecule has 0 spiro atoms. The second-order valence-corrected chi connectivity index (χ2v) is 2.75. The lowest BCUT2D eigenvalue weighted by Crippen LogP contribution is -2.20. The van der Waals surface area contributed by atoms with Crippen LogP contribution in [0.1, 0.15) is 26.2 Å².